The van der Waals surface area contributed by atoms with Crippen molar-refractivity contribution >= 4 is 33.5 Å². The first-order chi connectivity index (χ1) is 13.0. The Kier molecular flexibility index (Phi) is 4.52. The lowest BCUT2D eigenvalue weighted by Gasteiger charge is -2.27. The second kappa shape index (κ2) is 6.85. The fourth-order valence-corrected chi connectivity index (χ4v) is 3.94. The summed E-state index contributed by atoms with van der Waals surface area (Å²) in [5, 5.41) is 4.88. The number of anilines is 1. The van der Waals surface area contributed by atoms with Gasteiger partial charge in [-0.3, -0.25) is 0 Å². The molecule has 0 atom stereocenters. The molecule has 5 nitrogen and oxygen atoms in total. The third-order valence-corrected chi connectivity index (χ3v) is 5.25. The van der Waals surface area contributed by atoms with E-state index in [9.17, 15) is 9.18 Å². The van der Waals surface area contributed by atoms with E-state index in [0.717, 1.165) is 33.1 Å². The summed E-state index contributed by atoms with van der Waals surface area (Å²) in [7, 11) is 0. The smallest absolute Gasteiger partial charge is 0.322 e. The first kappa shape index (κ1) is 17.8. The molecule has 2 heterocycles. The number of rotatable bonds is 2. The molecule has 27 heavy (non-hydrogen) atoms. The second-order valence-electron chi connectivity index (χ2n) is 7.29. The highest BCUT2D eigenvalue weighted by molar-refractivity contribution is 6.12. The molecule has 0 radical (unpaired) electrons. The summed E-state index contributed by atoms with van der Waals surface area (Å²) in [4.78, 5) is 14.3. The van der Waals surface area contributed by atoms with E-state index in [0.29, 0.717) is 26.3 Å². The fraction of sp³-hybridized carbons (Fsp3) is 0.381. The monoisotopic (exact) mass is 369 g/mol. The van der Waals surface area contributed by atoms with Gasteiger partial charge in [-0.1, -0.05) is 0 Å². The van der Waals surface area contributed by atoms with Crippen molar-refractivity contribution in [2.45, 2.75) is 26.8 Å². The van der Waals surface area contributed by atoms with Crippen molar-refractivity contribution < 1.29 is 13.9 Å². The maximum absolute atomic E-state index is 14.0. The number of hydrogen-bond donors (Lipinski definition) is 1. The van der Waals surface area contributed by atoms with Crippen LogP contribution in [-0.2, 0) is 4.74 Å². The molecule has 1 saturated heterocycles. The van der Waals surface area contributed by atoms with E-state index >= 15 is 0 Å². The minimum Gasteiger partial charge on any atom is -0.378 e. The molecule has 1 N–H and O–H groups in total. The minimum atomic E-state index is -0.257. The van der Waals surface area contributed by atoms with E-state index in [4.69, 9.17) is 4.74 Å². The summed E-state index contributed by atoms with van der Waals surface area (Å²) in [6, 6.07) is 8.96. The Bertz CT molecular complexity index is 1020. The van der Waals surface area contributed by atoms with Crippen molar-refractivity contribution in [3.63, 3.8) is 0 Å². The second-order valence-corrected chi connectivity index (χ2v) is 7.29. The summed E-state index contributed by atoms with van der Waals surface area (Å²) >= 11 is 0. The van der Waals surface area contributed by atoms with Crippen LogP contribution in [0.3, 0.4) is 0 Å². The van der Waals surface area contributed by atoms with Gasteiger partial charge in [0.2, 0.25) is 0 Å². The van der Waals surface area contributed by atoms with Crippen molar-refractivity contribution in [1.29, 1.82) is 0 Å². The van der Waals surface area contributed by atoms with Crippen LogP contribution < -0.4 is 5.32 Å². The number of nitrogens with one attached hydrogen (secondary N) is 1. The molecule has 2 amide bonds. The molecule has 6 heteroatoms. The van der Waals surface area contributed by atoms with E-state index in [-0.39, 0.29) is 17.9 Å². The Morgan fingerprint density at radius 2 is 1.85 bits per heavy atom. The predicted octanol–water partition coefficient (Wildman–Crippen LogP) is 4.69. The number of ether oxygens (including phenoxy) is 1. The highest BCUT2D eigenvalue weighted by Gasteiger charge is 2.20. The van der Waals surface area contributed by atoms with E-state index in [1.807, 2.05) is 25.1 Å². The van der Waals surface area contributed by atoms with Gasteiger partial charge in [-0.05, 0) is 56.7 Å². The Hall–Kier alpha value is -2.60. The molecule has 0 unspecified atom stereocenters. The average molecular weight is 369 g/mol. The third kappa shape index (κ3) is 3.04. The molecule has 0 spiro atoms. The average Bonchev–Trinajstić information content (AvgIpc) is 2.99. The first-order valence-electron chi connectivity index (χ1n) is 9.34. The van der Waals surface area contributed by atoms with E-state index < -0.39 is 0 Å². The van der Waals surface area contributed by atoms with Gasteiger partial charge in [0.05, 0.1) is 13.2 Å². The SMILES string of the molecule is Cc1c(NC(=O)N2CCOCC2)ccc2c1c1cc(F)ccc1n2C(C)C. The van der Waals surface area contributed by atoms with Crippen LogP contribution >= 0.6 is 0 Å². The van der Waals surface area contributed by atoms with Gasteiger partial charge >= 0.3 is 6.03 Å². The van der Waals surface area contributed by atoms with Gasteiger partial charge in [-0.15, -0.1) is 0 Å². The lowest BCUT2D eigenvalue weighted by atomic mass is 10.1. The number of aromatic nitrogens is 1. The third-order valence-electron chi connectivity index (χ3n) is 5.25. The predicted molar refractivity (Wildman–Crippen MR) is 106 cm³/mol. The summed E-state index contributed by atoms with van der Waals surface area (Å²) in [5.74, 6) is -0.257. The quantitative estimate of drug-likeness (QED) is 0.712. The first-order valence-corrected chi connectivity index (χ1v) is 9.34. The molecule has 1 aliphatic heterocycles. The van der Waals surface area contributed by atoms with Crippen LogP contribution in [0.2, 0.25) is 0 Å². The molecule has 4 rings (SSSR count). The normalized spacial score (nSPS) is 15.1. The number of carbonyl (C=O) groups excluding carboxylic acids is 1. The summed E-state index contributed by atoms with van der Waals surface area (Å²) in [6.45, 7) is 8.51. The zero-order chi connectivity index (χ0) is 19.1. The molecular formula is C21H24FN3O2. The van der Waals surface area contributed by atoms with Crippen LogP contribution in [0, 0.1) is 12.7 Å². The van der Waals surface area contributed by atoms with Crippen LogP contribution in [0.5, 0.6) is 0 Å². The van der Waals surface area contributed by atoms with Crippen molar-refractivity contribution in [1.82, 2.24) is 9.47 Å². The van der Waals surface area contributed by atoms with Gasteiger partial charge in [-0.2, -0.15) is 0 Å². The van der Waals surface area contributed by atoms with Crippen LogP contribution in [0.4, 0.5) is 14.9 Å². The highest BCUT2D eigenvalue weighted by Crippen LogP contribution is 2.37. The van der Waals surface area contributed by atoms with Gasteiger partial charge in [-0.25, -0.2) is 9.18 Å². The van der Waals surface area contributed by atoms with Gasteiger partial charge < -0.3 is 19.5 Å². The molecular weight excluding hydrogens is 345 g/mol. The number of morpholine rings is 1. The lowest BCUT2D eigenvalue weighted by molar-refractivity contribution is 0.0564. The summed E-state index contributed by atoms with van der Waals surface area (Å²) in [5.41, 5.74) is 3.75. The largest absolute Gasteiger partial charge is 0.378 e. The van der Waals surface area contributed by atoms with E-state index in [1.54, 1.807) is 11.0 Å². The number of aryl methyl sites for hydroxylation is 1. The molecule has 0 aliphatic carbocycles. The van der Waals surface area contributed by atoms with Crippen LogP contribution in [0.25, 0.3) is 21.8 Å². The Morgan fingerprint density at radius 3 is 2.56 bits per heavy atom. The van der Waals surface area contributed by atoms with Crippen LogP contribution in [-0.4, -0.2) is 41.8 Å². The standard InChI is InChI=1S/C21H24FN3O2/c1-13(2)25-18-6-4-15(22)12-16(18)20-14(3)17(5-7-19(20)25)23-21(26)24-8-10-27-11-9-24/h4-7,12-13H,8-11H2,1-3H3,(H,23,26). The molecule has 1 aliphatic rings. The molecule has 3 aromatic rings. The minimum absolute atomic E-state index is 0.125. The molecule has 0 bridgehead atoms. The molecule has 1 aromatic heterocycles. The highest BCUT2D eigenvalue weighted by atomic mass is 19.1. The van der Waals surface area contributed by atoms with Crippen molar-refractivity contribution in [3.05, 3.63) is 41.7 Å². The topological polar surface area (TPSA) is 46.5 Å². The number of nitrogens with zero attached hydrogens (tertiary/aromatic N) is 2. The number of hydrogen-bond acceptors (Lipinski definition) is 2. The molecule has 0 saturated carbocycles. The van der Waals surface area contributed by atoms with Gasteiger partial charge in [0.25, 0.3) is 0 Å². The lowest BCUT2D eigenvalue weighted by Crippen LogP contribution is -2.43. The molecule has 1 fully saturated rings. The number of fused-ring (bicyclic) bond motifs is 3. The van der Waals surface area contributed by atoms with E-state index in [1.165, 1.54) is 6.07 Å². The zero-order valence-corrected chi connectivity index (χ0v) is 15.9. The van der Waals surface area contributed by atoms with Crippen molar-refractivity contribution in [3.8, 4) is 0 Å². The van der Waals surface area contributed by atoms with Crippen LogP contribution in [0.15, 0.2) is 30.3 Å². The Balaban J connectivity index is 1.82. The number of halogens is 1. The van der Waals surface area contributed by atoms with Gasteiger partial charge in [0.15, 0.2) is 0 Å². The number of urea groups is 1. The van der Waals surface area contributed by atoms with Crippen molar-refractivity contribution in [2.75, 3.05) is 31.6 Å². The number of carbonyl (C=O) groups is 1. The number of benzene rings is 2. The Morgan fingerprint density at radius 1 is 1.15 bits per heavy atom. The van der Waals surface area contributed by atoms with Crippen LogP contribution in [0.1, 0.15) is 25.5 Å². The van der Waals surface area contributed by atoms with Crippen molar-refractivity contribution in [2.24, 2.45) is 0 Å². The maximum Gasteiger partial charge on any atom is 0.322 e. The summed E-state index contributed by atoms with van der Waals surface area (Å²) in [6.07, 6.45) is 0. The molecule has 2 aromatic carbocycles. The number of amides is 2. The maximum atomic E-state index is 14.0. The Labute approximate surface area is 157 Å². The molecule has 142 valence electrons. The zero-order valence-electron chi connectivity index (χ0n) is 15.9. The summed E-state index contributed by atoms with van der Waals surface area (Å²) < 4.78 is 21.5. The fourth-order valence-electron chi connectivity index (χ4n) is 3.94. The van der Waals surface area contributed by atoms with Gasteiger partial charge in [0, 0.05) is 46.6 Å². The van der Waals surface area contributed by atoms with E-state index in [2.05, 4.69) is 23.7 Å². The van der Waals surface area contributed by atoms with Gasteiger partial charge in [0.1, 0.15) is 5.82 Å².